The number of nitrogens with one attached hydrogen (secondary N) is 2. The first-order chi connectivity index (χ1) is 6.97. The molecule has 7 heteroatoms. The summed E-state index contributed by atoms with van der Waals surface area (Å²) in [5.41, 5.74) is 4.81. The number of nitrogens with two attached hydrogens (primary N) is 1. The molecule has 0 aliphatic heterocycles. The minimum Gasteiger partial charge on any atom is -0.465 e. The van der Waals surface area contributed by atoms with Gasteiger partial charge in [0.2, 0.25) is 5.91 Å². The van der Waals surface area contributed by atoms with Crippen LogP contribution in [0.2, 0.25) is 0 Å². The lowest BCUT2D eigenvalue weighted by atomic mass is 10.3. The predicted molar refractivity (Wildman–Crippen MR) is 51.8 cm³/mol. The zero-order valence-electron chi connectivity index (χ0n) is 8.70. The van der Waals surface area contributed by atoms with Crippen molar-refractivity contribution in [1.82, 2.24) is 10.6 Å². The number of primary amides is 1. The lowest BCUT2D eigenvalue weighted by Crippen LogP contribution is -2.47. The minimum absolute atomic E-state index is 0.225. The Balaban J connectivity index is 3.82. The fraction of sp³-hybridized carbons (Fsp3) is 0.625. The monoisotopic (exact) mass is 217 g/mol. The van der Waals surface area contributed by atoms with Gasteiger partial charge in [-0.1, -0.05) is 0 Å². The van der Waals surface area contributed by atoms with Crippen molar-refractivity contribution >= 4 is 17.9 Å². The maximum absolute atomic E-state index is 11.2. The van der Waals surface area contributed by atoms with Crippen LogP contribution in [-0.2, 0) is 14.3 Å². The summed E-state index contributed by atoms with van der Waals surface area (Å²) in [6, 6.07) is -1.58. The maximum atomic E-state index is 11.2. The van der Waals surface area contributed by atoms with E-state index in [1.165, 1.54) is 6.92 Å². The van der Waals surface area contributed by atoms with Crippen LogP contribution >= 0.6 is 0 Å². The average molecular weight is 217 g/mol. The van der Waals surface area contributed by atoms with Crippen molar-refractivity contribution < 1.29 is 19.1 Å². The van der Waals surface area contributed by atoms with Crippen molar-refractivity contribution in [3.63, 3.8) is 0 Å². The second-order valence-electron chi connectivity index (χ2n) is 2.75. The molecule has 0 heterocycles. The molecule has 0 aromatic rings. The first kappa shape index (κ1) is 13.2. The molecule has 0 spiro atoms. The molecule has 4 N–H and O–H groups in total. The summed E-state index contributed by atoms with van der Waals surface area (Å²) < 4.78 is 4.59. The molecule has 1 unspecified atom stereocenters. The van der Waals surface area contributed by atoms with Gasteiger partial charge in [-0.25, -0.2) is 4.79 Å². The van der Waals surface area contributed by atoms with Crippen LogP contribution in [-0.4, -0.2) is 37.1 Å². The van der Waals surface area contributed by atoms with Gasteiger partial charge in [0.15, 0.2) is 0 Å². The Morgan fingerprint density at radius 1 is 1.40 bits per heavy atom. The van der Waals surface area contributed by atoms with Crippen molar-refractivity contribution in [3.8, 4) is 0 Å². The Hall–Kier alpha value is -1.79. The number of hydrogen-bond donors (Lipinski definition) is 3. The van der Waals surface area contributed by atoms with Gasteiger partial charge in [-0.15, -0.1) is 0 Å². The van der Waals surface area contributed by atoms with Crippen LogP contribution in [0, 0.1) is 0 Å². The molecule has 0 radical (unpaired) electrons. The Kier molecular flexibility index (Phi) is 5.84. The number of carbonyl (C=O) groups excluding carboxylic acids is 3. The SMILES string of the molecule is CCOC(=O)CNC(=O)C(C)NC(N)=O. The Labute approximate surface area is 87.3 Å². The minimum atomic E-state index is -0.797. The normalized spacial score (nSPS) is 11.3. The van der Waals surface area contributed by atoms with Crippen molar-refractivity contribution in [2.75, 3.05) is 13.2 Å². The van der Waals surface area contributed by atoms with Gasteiger partial charge in [0.05, 0.1) is 6.61 Å². The number of ether oxygens (including phenoxy) is 1. The number of carbonyl (C=O) groups is 3. The number of urea groups is 1. The highest BCUT2D eigenvalue weighted by atomic mass is 16.5. The quantitative estimate of drug-likeness (QED) is 0.498. The van der Waals surface area contributed by atoms with Gasteiger partial charge in [0, 0.05) is 0 Å². The summed E-state index contributed by atoms with van der Waals surface area (Å²) >= 11 is 0. The Morgan fingerprint density at radius 2 is 2.00 bits per heavy atom. The lowest BCUT2D eigenvalue weighted by molar-refractivity contribution is -0.143. The highest BCUT2D eigenvalue weighted by Crippen LogP contribution is 1.82. The molecule has 0 fully saturated rings. The molecule has 0 saturated heterocycles. The first-order valence-electron chi connectivity index (χ1n) is 4.46. The maximum Gasteiger partial charge on any atom is 0.325 e. The van der Waals surface area contributed by atoms with E-state index in [1.54, 1.807) is 6.92 Å². The summed E-state index contributed by atoms with van der Waals surface area (Å²) in [7, 11) is 0. The smallest absolute Gasteiger partial charge is 0.325 e. The lowest BCUT2D eigenvalue weighted by Gasteiger charge is -2.11. The van der Waals surface area contributed by atoms with Crippen molar-refractivity contribution in [1.29, 1.82) is 0 Å². The molecule has 0 bridgehead atoms. The van der Waals surface area contributed by atoms with Crippen molar-refractivity contribution in [2.45, 2.75) is 19.9 Å². The summed E-state index contributed by atoms with van der Waals surface area (Å²) in [6.07, 6.45) is 0. The third-order valence-electron chi connectivity index (χ3n) is 1.46. The van der Waals surface area contributed by atoms with E-state index in [0.29, 0.717) is 0 Å². The molecule has 0 saturated carbocycles. The topological polar surface area (TPSA) is 111 Å². The second-order valence-corrected chi connectivity index (χ2v) is 2.75. The zero-order chi connectivity index (χ0) is 11.8. The summed E-state index contributed by atoms with van der Waals surface area (Å²) in [6.45, 7) is 3.14. The number of hydrogen-bond acceptors (Lipinski definition) is 4. The molecule has 86 valence electrons. The molecular formula is C8H15N3O4. The molecule has 1 atom stereocenters. The summed E-state index contributed by atoms with van der Waals surface area (Å²) in [4.78, 5) is 32.4. The fourth-order valence-corrected chi connectivity index (χ4v) is 0.803. The van der Waals surface area contributed by atoms with Crippen LogP contribution in [0.5, 0.6) is 0 Å². The molecule has 0 aliphatic carbocycles. The highest BCUT2D eigenvalue weighted by Gasteiger charge is 2.14. The van der Waals surface area contributed by atoms with Gasteiger partial charge < -0.3 is 21.1 Å². The molecular weight excluding hydrogens is 202 g/mol. The van der Waals surface area contributed by atoms with Crippen LogP contribution in [0.4, 0.5) is 4.79 Å². The zero-order valence-corrected chi connectivity index (χ0v) is 8.70. The molecule has 0 aliphatic rings. The molecule has 0 aromatic carbocycles. The van der Waals surface area contributed by atoms with Crippen molar-refractivity contribution in [3.05, 3.63) is 0 Å². The largest absolute Gasteiger partial charge is 0.465 e. The van der Waals surface area contributed by atoms with Crippen molar-refractivity contribution in [2.24, 2.45) is 5.73 Å². The molecule has 15 heavy (non-hydrogen) atoms. The molecule has 7 nitrogen and oxygen atoms in total. The van der Waals surface area contributed by atoms with Gasteiger partial charge in [-0.05, 0) is 13.8 Å². The Morgan fingerprint density at radius 3 is 2.47 bits per heavy atom. The van der Waals surface area contributed by atoms with E-state index < -0.39 is 23.9 Å². The third-order valence-corrected chi connectivity index (χ3v) is 1.46. The first-order valence-corrected chi connectivity index (χ1v) is 4.46. The van der Waals surface area contributed by atoms with Gasteiger partial charge in [-0.2, -0.15) is 0 Å². The number of esters is 1. The van der Waals surface area contributed by atoms with Crippen LogP contribution in [0.15, 0.2) is 0 Å². The van der Waals surface area contributed by atoms with Crippen LogP contribution in [0.25, 0.3) is 0 Å². The van der Waals surface area contributed by atoms with E-state index >= 15 is 0 Å². The van der Waals surface area contributed by atoms with Gasteiger partial charge in [0.1, 0.15) is 12.6 Å². The van der Waals surface area contributed by atoms with Gasteiger partial charge in [0.25, 0.3) is 0 Å². The predicted octanol–water partition coefficient (Wildman–Crippen LogP) is -1.28. The molecule has 0 aromatic heterocycles. The molecule has 0 rings (SSSR count). The Bertz CT molecular complexity index is 254. The number of rotatable bonds is 5. The van der Waals surface area contributed by atoms with E-state index in [2.05, 4.69) is 15.4 Å². The highest BCUT2D eigenvalue weighted by molar-refractivity contribution is 5.88. The summed E-state index contributed by atoms with van der Waals surface area (Å²) in [5, 5.41) is 4.46. The van der Waals surface area contributed by atoms with E-state index in [4.69, 9.17) is 5.73 Å². The van der Waals surface area contributed by atoms with Crippen LogP contribution in [0.1, 0.15) is 13.8 Å². The van der Waals surface area contributed by atoms with E-state index in [1.807, 2.05) is 0 Å². The van der Waals surface area contributed by atoms with Crippen LogP contribution in [0.3, 0.4) is 0 Å². The molecule has 3 amide bonds. The second kappa shape index (κ2) is 6.63. The number of amides is 3. The fourth-order valence-electron chi connectivity index (χ4n) is 0.803. The standard InChI is InChI=1S/C8H15N3O4/c1-3-15-6(12)4-10-7(13)5(2)11-8(9)14/h5H,3-4H2,1-2H3,(H,10,13)(H3,9,11,14). The van der Waals surface area contributed by atoms with Crippen LogP contribution < -0.4 is 16.4 Å². The third kappa shape index (κ3) is 6.30. The van der Waals surface area contributed by atoms with E-state index in [-0.39, 0.29) is 13.2 Å². The van der Waals surface area contributed by atoms with E-state index in [0.717, 1.165) is 0 Å². The summed E-state index contributed by atoms with van der Waals surface area (Å²) in [5.74, 6) is -1.03. The van der Waals surface area contributed by atoms with E-state index in [9.17, 15) is 14.4 Å². The van der Waals surface area contributed by atoms with Gasteiger partial charge in [-0.3, -0.25) is 9.59 Å². The average Bonchev–Trinajstić information content (AvgIpc) is 2.13. The van der Waals surface area contributed by atoms with Gasteiger partial charge >= 0.3 is 12.0 Å².